The zero-order chi connectivity index (χ0) is 16.2. The molecule has 2 heterocycles. The number of amidine groups is 1. The van der Waals surface area contributed by atoms with Gasteiger partial charge in [0, 0.05) is 18.4 Å². The summed E-state index contributed by atoms with van der Waals surface area (Å²) in [4.78, 5) is 18.4. The first-order chi connectivity index (χ1) is 11.1. The second-order valence-electron chi connectivity index (χ2n) is 4.68. The predicted octanol–water partition coefficient (Wildman–Crippen LogP) is 4.86. The molecule has 0 atom stereocenters. The van der Waals surface area contributed by atoms with Crippen LogP contribution in [0.25, 0.3) is 6.08 Å². The minimum atomic E-state index is -0.134. The molecule has 1 aliphatic heterocycles. The molecule has 1 saturated heterocycles. The van der Waals surface area contributed by atoms with Crippen molar-refractivity contribution < 1.29 is 9.21 Å². The van der Waals surface area contributed by atoms with Crippen molar-refractivity contribution in [3.63, 3.8) is 0 Å². The fraction of sp³-hybridized carbons (Fsp3) is 0.125. The Morgan fingerprint density at radius 2 is 2.17 bits per heavy atom. The standard InChI is InChI=1S/C16H12Cl2N2O2S/c17-13-5-3-11(10-14(13)18)19-16-20(7-9-23-16)15(21)6-4-12-2-1-8-22-12/h1-6,8,10H,7,9H2/b6-4+,19-16?. The van der Waals surface area contributed by atoms with Crippen molar-refractivity contribution in [2.75, 3.05) is 12.3 Å². The third kappa shape index (κ3) is 3.99. The van der Waals surface area contributed by atoms with Gasteiger partial charge in [-0.05, 0) is 36.4 Å². The van der Waals surface area contributed by atoms with Crippen LogP contribution in [0.1, 0.15) is 5.76 Å². The Bertz CT molecular complexity index is 772. The zero-order valence-corrected chi connectivity index (χ0v) is 14.2. The van der Waals surface area contributed by atoms with Crippen molar-refractivity contribution in [2.45, 2.75) is 0 Å². The predicted molar refractivity (Wildman–Crippen MR) is 95.5 cm³/mol. The lowest BCUT2D eigenvalue weighted by atomic mass is 10.3. The zero-order valence-electron chi connectivity index (χ0n) is 11.9. The van der Waals surface area contributed by atoms with Crippen LogP contribution in [0.4, 0.5) is 5.69 Å². The molecule has 3 rings (SSSR count). The third-order valence-corrected chi connectivity index (χ3v) is 4.80. The van der Waals surface area contributed by atoms with Crippen LogP contribution in [0.2, 0.25) is 10.0 Å². The number of carbonyl (C=O) groups excluding carboxylic acids is 1. The van der Waals surface area contributed by atoms with Gasteiger partial charge >= 0.3 is 0 Å². The van der Waals surface area contributed by atoms with Crippen LogP contribution < -0.4 is 0 Å². The molecule has 1 aliphatic rings. The van der Waals surface area contributed by atoms with Gasteiger partial charge in [0.05, 0.1) is 22.0 Å². The quantitative estimate of drug-likeness (QED) is 0.728. The lowest BCUT2D eigenvalue weighted by molar-refractivity contribution is -0.121. The van der Waals surface area contributed by atoms with Crippen molar-refractivity contribution >= 4 is 57.8 Å². The molecule has 0 N–H and O–H groups in total. The maximum absolute atomic E-state index is 12.3. The number of hydrogen-bond acceptors (Lipinski definition) is 4. The number of carbonyl (C=O) groups is 1. The van der Waals surface area contributed by atoms with Gasteiger partial charge in [-0.15, -0.1) is 0 Å². The summed E-state index contributed by atoms with van der Waals surface area (Å²) in [7, 11) is 0. The fourth-order valence-corrected chi connectivity index (χ4v) is 3.25. The molecule has 0 unspecified atom stereocenters. The highest BCUT2D eigenvalue weighted by Gasteiger charge is 2.24. The van der Waals surface area contributed by atoms with E-state index in [0.29, 0.717) is 33.2 Å². The van der Waals surface area contributed by atoms with Crippen LogP contribution >= 0.6 is 35.0 Å². The molecule has 4 nitrogen and oxygen atoms in total. The Morgan fingerprint density at radius 3 is 2.91 bits per heavy atom. The minimum absolute atomic E-state index is 0.134. The first-order valence-corrected chi connectivity index (χ1v) is 8.57. The SMILES string of the molecule is O=C(/C=C/c1ccco1)N1CCSC1=Nc1ccc(Cl)c(Cl)c1. The summed E-state index contributed by atoms with van der Waals surface area (Å²) in [6.45, 7) is 0.617. The van der Waals surface area contributed by atoms with Gasteiger partial charge in [0.2, 0.25) is 0 Å². The summed E-state index contributed by atoms with van der Waals surface area (Å²) in [6.07, 6.45) is 4.68. The van der Waals surface area contributed by atoms with Crippen molar-refractivity contribution in [3.8, 4) is 0 Å². The summed E-state index contributed by atoms with van der Waals surface area (Å²) < 4.78 is 5.17. The second kappa shape index (κ2) is 7.25. The van der Waals surface area contributed by atoms with E-state index < -0.39 is 0 Å². The Hall–Kier alpha value is -1.69. The number of nitrogens with zero attached hydrogens (tertiary/aromatic N) is 2. The number of rotatable bonds is 3. The molecule has 2 aromatic rings. The third-order valence-electron chi connectivity index (χ3n) is 3.10. The van der Waals surface area contributed by atoms with E-state index in [4.69, 9.17) is 27.6 Å². The molecular weight excluding hydrogens is 355 g/mol. The highest BCUT2D eigenvalue weighted by Crippen LogP contribution is 2.29. The van der Waals surface area contributed by atoms with Gasteiger partial charge in [0.25, 0.3) is 5.91 Å². The van der Waals surface area contributed by atoms with Gasteiger partial charge in [-0.2, -0.15) is 0 Å². The molecule has 0 aliphatic carbocycles. The van der Waals surface area contributed by atoms with Crippen LogP contribution in [0.15, 0.2) is 52.1 Å². The molecule has 118 valence electrons. The monoisotopic (exact) mass is 366 g/mol. The largest absolute Gasteiger partial charge is 0.465 e. The lowest BCUT2D eigenvalue weighted by Crippen LogP contribution is -2.29. The molecular formula is C16H12Cl2N2O2S. The van der Waals surface area contributed by atoms with E-state index in [1.165, 1.54) is 17.8 Å². The van der Waals surface area contributed by atoms with Crippen LogP contribution in [0.5, 0.6) is 0 Å². The minimum Gasteiger partial charge on any atom is -0.465 e. The highest BCUT2D eigenvalue weighted by molar-refractivity contribution is 8.14. The van der Waals surface area contributed by atoms with Gasteiger partial charge in [-0.25, -0.2) is 4.99 Å². The number of furan rings is 1. The van der Waals surface area contributed by atoms with Crippen molar-refractivity contribution in [1.82, 2.24) is 4.90 Å². The number of hydrogen-bond donors (Lipinski definition) is 0. The normalized spacial score (nSPS) is 16.6. The number of benzene rings is 1. The molecule has 7 heteroatoms. The summed E-state index contributed by atoms with van der Waals surface area (Å²) in [5.41, 5.74) is 0.664. The first kappa shape index (κ1) is 16.2. The van der Waals surface area contributed by atoms with E-state index in [1.54, 1.807) is 47.6 Å². The van der Waals surface area contributed by atoms with E-state index in [1.807, 2.05) is 0 Å². The molecule has 1 aromatic heterocycles. The van der Waals surface area contributed by atoms with Gasteiger partial charge in [0.1, 0.15) is 5.76 Å². The Morgan fingerprint density at radius 1 is 1.30 bits per heavy atom. The number of halogens is 2. The fourth-order valence-electron chi connectivity index (χ4n) is 1.99. The van der Waals surface area contributed by atoms with Crippen molar-refractivity contribution in [3.05, 3.63) is 58.5 Å². The van der Waals surface area contributed by atoms with Crippen molar-refractivity contribution in [1.29, 1.82) is 0 Å². The van der Waals surface area contributed by atoms with Crippen LogP contribution in [-0.2, 0) is 4.79 Å². The highest BCUT2D eigenvalue weighted by atomic mass is 35.5. The molecule has 0 bridgehead atoms. The van der Waals surface area contributed by atoms with E-state index in [-0.39, 0.29) is 5.91 Å². The number of amides is 1. The molecule has 0 radical (unpaired) electrons. The molecule has 23 heavy (non-hydrogen) atoms. The first-order valence-electron chi connectivity index (χ1n) is 6.83. The smallest absolute Gasteiger partial charge is 0.252 e. The van der Waals surface area contributed by atoms with E-state index >= 15 is 0 Å². The topological polar surface area (TPSA) is 45.8 Å². The summed E-state index contributed by atoms with van der Waals surface area (Å²) in [6, 6.07) is 8.69. The van der Waals surface area contributed by atoms with Gasteiger partial charge in [-0.3, -0.25) is 9.69 Å². The lowest BCUT2D eigenvalue weighted by Gasteiger charge is -2.13. The molecule has 0 saturated carbocycles. The van der Waals surface area contributed by atoms with Gasteiger partial charge in [0.15, 0.2) is 5.17 Å². The molecule has 1 aromatic carbocycles. The number of thioether (sulfide) groups is 1. The second-order valence-corrected chi connectivity index (χ2v) is 6.56. The van der Waals surface area contributed by atoms with Crippen LogP contribution in [-0.4, -0.2) is 28.3 Å². The summed E-state index contributed by atoms with van der Waals surface area (Å²) in [5, 5.41) is 1.56. The Labute approximate surface area is 147 Å². The van der Waals surface area contributed by atoms with Gasteiger partial charge < -0.3 is 4.42 Å². The maximum Gasteiger partial charge on any atom is 0.252 e. The van der Waals surface area contributed by atoms with Crippen molar-refractivity contribution in [2.24, 2.45) is 4.99 Å². The molecule has 1 fully saturated rings. The average Bonchev–Trinajstić information content (AvgIpc) is 3.20. The Kier molecular flexibility index (Phi) is 5.10. The molecule has 1 amide bonds. The van der Waals surface area contributed by atoms with E-state index in [9.17, 15) is 4.79 Å². The summed E-state index contributed by atoms with van der Waals surface area (Å²) in [5.74, 6) is 1.30. The summed E-state index contributed by atoms with van der Waals surface area (Å²) >= 11 is 13.4. The maximum atomic E-state index is 12.3. The molecule has 0 spiro atoms. The van der Waals surface area contributed by atoms with E-state index in [2.05, 4.69) is 4.99 Å². The van der Waals surface area contributed by atoms with Gasteiger partial charge in [-0.1, -0.05) is 35.0 Å². The van der Waals surface area contributed by atoms with Crippen LogP contribution in [0.3, 0.4) is 0 Å². The average molecular weight is 367 g/mol. The Balaban J connectivity index is 1.77. The van der Waals surface area contributed by atoms with E-state index in [0.717, 1.165) is 5.75 Å². The number of aliphatic imine (C=N–C) groups is 1. The van der Waals surface area contributed by atoms with Crippen LogP contribution in [0, 0.1) is 0 Å².